The molecule has 1 saturated heterocycles. The molecule has 1 aromatic heterocycles. The number of aromatic nitrogens is 2. The number of carbonyl (C=O) groups is 1. The maximum Gasteiger partial charge on any atom is 0.252 e. The van der Waals surface area contributed by atoms with E-state index in [2.05, 4.69) is 10.3 Å². The maximum absolute atomic E-state index is 13.5. The topological polar surface area (TPSA) is 84.3 Å². The molecule has 1 aliphatic heterocycles. The van der Waals surface area contributed by atoms with E-state index in [4.69, 9.17) is 0 Å². The second-order valence-electron chi connectivity index (χ2n) is 8.34. The number of amides is 1. The quantitative estimate of drug-likeness (QED) is 0.596. The predicted molar refractivity (Wildman–Crippen MR) is 123 cm³/mol. The third kappa shape index (κ3) is 4.84. The molecule has 7 nitrogen and oxygen atoms in total. The number of rotatable bonds is 6. The number of piperidine rings is 1. The molecular formula is C24H27FN4O3S. The zero-order valence-corrected chi connectivity index (χ0v) is 19.4. The fourth-order valence-electron chi connectivity index (χ4n) is 4.18. The van der Waals surface area contributed by atoms with Gasteiger partial charge in [-0.2, -0.15) is 4.31 Å². The summed E-state index contributed by atoms with van der Waals surface area (Å²) >= 11 is 0. The molecule has 2 heterocycles. The number of hydrogen-bond acceptors (Lipinski definition) is 4. The van der Waals surface area contributed by atoms with Crippen molar-refractivity contribution in [1.29, 1.82) is 0 Å². The van der Waals surface area contributed by atoms with Crippen molar-refractivity contribution < 1.29 is 17.6 Å². The van der Waals surface area contributed by atoms with Gasteiger partial charge in [-0.05, 0) is 55.7 Å². The molecule has 0 aliphatic carbocycles. The largest absolute Gasteiger partial charge is 0.338 e. The van der Waals surface area contributed by atoms with Crippen molar-refractivity contribution in [3.63, 3.8) is 0 Å². The third-order valence-corrected chi connectivity index (χ3v) is 8.05. The summed E-state index contributed by atoms with van der Waals surface area (Å²) in [5.74, 6) is -0.259. The van der Waals surface area contributed by atoms with Crippen LogP contribution in [0, 0.1) is 5.82 Å². The van der Waals surface area contributed by atoms with Crippen molar-refractivity contribution in [3.8, 4) is 0 Å². The minimum Gasteiger partial charge on any atom is -0.338 e. The second-order valence-corrected chi connectivity index (χ2v) is 10.2. The summed E-state index contributed by atoms with van der Waals surface area (Å²) in [4.78, 5) is 17.6. The van der Waals surface area contributed by atoms with E-state index in [0.29, 0.717) is 17.9 Å². The lowest BCUT2D eigenvalue weighted by atomic mass is 10.1. The number of imidazole rings is 1. The van der Waals surface area contributed by atoms with Gasteiger partial charge in [0.15, 0.2) is 0 Å². The van der Waals surface area contributed by atoms with E-state index in [9.17, 15) is 17.6 Å². The molecule has 0 bridgehead atoms. The number of nitrogens with zero attached hydrogens (tertiary/aromatic N) is 3. The highest BCUT2D eigenvalue weighted by Crippen LogP contribution is 2.26. The van der Waals surface area contributed by atoms with E-state index in [1.54, 1.807) is 48.3 Å². The minimum atomic E-state index is -3.71. The van der Waals surface area contributed by atoms with Crippen molar-refractivity contribution in [1.82, 2.24) is 19.2 Å². The Balaban J connectivity index is 1.63. The number of hydrogen-bond donors (Lipinski definition) is 1. The van der Waals surface area contributed by atoms with E-state index in [1.807, 2.05) is 6.92 Å². The number of benzene rings is 2. The summed E-state index contributed by atoms with van der Waals surface area (Å²) in [7, 11) is -1.90. The normalized spacial score (nSPS) is 18.1. The molecule has 0 radical (unpaired) electrons. The predicted octanol–water partition coefficient (Wildman–Crippen LogP) is 3.64. The minimum absolute atomic E-state index is 0.0764. The van der Waals surface area contributed by atoms with Gasteiger partial charge in [0.25, 0.3) is 5.91 Å². The summed E-state index contributed by atoms with van der Waals surface area (Å²) in [6.07, 6.45) is 6.03. The van der Waals surface area contributed by atoms with Crippen LogP contribution in [-0.2, 0) is 17.1 Å². The molecule has 0 spiro atoms. The lowest BCUT2D eigenvalue weighted by Crippen LogP contribution is -2.42. The van der Waals surface area contributed by atoms with E-state index in [1.165, 1.54) is 28.6 Å². The lowest BCUT2D eigenvalue weighted by molar-refractivity contribution is 0.0941. The van der Waals surface area contributed by atoms with E-state index in [0.717, 1.165) is 19.3 Å². The molecule has 3 aromatic rings. The second kappa shape index (κ2) is 9.44. The molecular weight excluding hydrogens is 443 g/mol. The molecule has 1 N–H and O–H groups in total. The number of carbonyl (C=O) groups excluding carboxylic acids is 1. The number of aryl methyl sites for hydroxylation is 1. The first-order chi connectivity index (χ1) is 15.8. The Morgan fingerprint density at radius 1 is 1.18 bits per heavy atom. The van der Waals surface area contributed by atoms with Crippen LogP contribution in [0.5, 0.6) is 0 Å². The van der Waals surface area contributed by atoms with Crippen molar-refractivity contribution in [2.75, 3.05) is 6.54 Å². The van der Waals surface area contributed by atoms with E-state index >= 15 is 0 Å². The van der Waals surface area contributed by atoms with Crippen LogP contribution >= 0.6 is 0 Å². The van der Waals surface area contributed by atoms with E-state index in [-0.39, 0.29) is 22.3 Å². The van der Waals surface area contributed by atoms with Crippen molar-refractivity contribution in [2.45, 2.75) is 43.2 Å². The van der Waals surface area contributed by atoms with Gasteiger partial charge in [0.2, 0.25) is 10.0 Å². The van der Waals surface area contributed by atoms with Crippen molar-refractivity contribution in [3.05, 3.63) is 83.7 Å². The average Bonchev–Trinajstić information content (AvgIpc) is 3.24. The Hall–Kier alpha value is -3.04. The van der Waals surface area contributed by atoms with Crippen LogP contribution in [0.4, 0.5) is 4.39 Å². The monoisotopic (exact) mass is 470 g/mol. The molecule has 2 aromatic carbocycles. The molecule has 4 rings (SSSR count). The van der Waals surface area contributed by atoms with Gasteiger partial charge < -0.3 is 9.88 Å². The number of nitrogens with one attached hydrogen (secondary N) is 1. The summed E-state index contributed by atoms with van der Waals surface area (Å²) in [6, 6.07) is 11.2. The Bertz CT molecular complexity index is 1240. The van der Waals surface area contributed by atoms with Crippen LogP contribution in [0.15, 0.2) is 65.8 Å². The first kappa shape index (κ1) is 23.1. The highest BCUT2D eigenvalue weighted by molar-refractivity contribution is 7.89. The van der Waals surface area contributed by atoms with Gasteiger partial charge in [-0.3, -0.25) is 4.79 Å². The first-order valence-electron chi connectivity index (χ1n) is 10.9. The fourth-order valence-corrected chi connectivity index (χ4v) is 5.93. The standard InChI is InChI=1S/C24H27FN4O3S/c1-17-6-3-4-14-29(17)33(31,32)21-8-5-7-19(16-21)24(30)27-22(23-26-13-15-28(23)2)18-9-11-20(25)12-10-18/h5,7-13,15-17,22H,3-4,6,14H2,1-2H3,(H,27,30)/t17-,22+/m0/s1. The molecule has 0 unspecified atom stereocenters. The van der Waals surface area contributed by atoms with Crippen LogP contribution in [-0.4, -0.2) is 40.8 Å². The Kier molecular flexibility index (Phi) is 6.62. The zero-order valence-electron chi connectivity index (χ0n) is 18.6. The molecule has 1 fully saturated rings. The summed E-state index contributed by atoms with van der Waals surface area (Å²) < 4.78 is 43.2. The lowest BCUT2D eigenvalue weighted by Gasteiger charge is -2.32. The van der Waals surface area contributed by atoms with Crippen LogP contribution in [0.1, 0.15) is 54.0 Å². The zero-order chi connectivity index (χ0) is 23.6. The molecule has 2 atom stereocenters. The van der Waals surface area contributed by atoms with Crippen molar-refractivity contribution in [2.24, 2.45) is 7.05 Å². The van der Waals surface area contributed by atoms with Crippen LogP contribution in [0.3, 0.4) is 0 Å². The van der Waals surface area contributed by atoms with Crippen molar-refractivity contribution >= 4 is 15.9 Å². The molecule has 1 aliphatic rings. The van der Waals surface area contributed by atoms with Gasteiger partial charge in [0, 0.05) is 37.6 Å². The molecule has 9 heteroatoms. The Morgan fingerprint density at radius 2 is 1.94 bits per heavy atom. The Labute approximate surface area is 193 Å². The van der Waals surface area contributed by atoms with Gasteiger partial charge in [-0.25, -0.2) is 17.8 Å². The van der Waals surface area contributed by atoms with Gasteiger partial charge in [-0.15, -0.1) is 0 Å². The molecule has 1 amide bonds. The third-order valence-electron chi connectivity index (χ3n) is 6.04. The number of sulfonamides is 1. The first-order valence-corrected chi connectivity index (χ1v) is 12.4. The highest BCUT2D eigenvalue weighted by Gasteiger charge is 2.31. The van der Waals surface area contributed by atoms with Crippen LogP contribution in [0.2, 0.25) is 0 Å². The smallest absolute Gasteiger partial charge is 0.252 e. The maximum atomic E-state index is 13.5. The summed E-state index contributed by atoms with van der Waals surface area (Å²) in [5.41, 5.74) is 0.882. The average molecular weight is 471 g/mol. The number of halogens is 1. The van der Waals surface area contributed by atoms with Gasteiger partial charge in [0.05, 0.1) is 4.90 Å². The van der Waals surface area contributed by atoms with Gasteiger partial charge in [-0.1, -0.05) is 24.6 Å². The van der Waals surface area contributed by atoms with E-state index < -0.39 is 22.0 Å². The molecule has 0 saturated carbocycles. The van der Waals surface area contributed by atoms with Gasteiger partial charge >= 0.3 is 0 Å². The van der Waals surface area contributed by atoms with Crippen LogP contribution in [0.25, 0.3) is 0 Å². The molecule has 33 heavy (non-hydrogen) atoms. The molecule has 174 valence electrons. The highest BCUT2D eigenvalue weighted by atomic mass is 32.2. The van der Waals surface area contributed by atoms with Crippen LogP contribution < -0.4 is 5.32 Å². The summed E-state index contributed by atoms with van der Waals surface area (Å²) in [6.45, 7) is 2.39. The SMILES string of the molecule is C[C@H]1CCCCN1S(=O)(=O)c1cccc(C(=O)N[C@H](c2ccc(F)cc2)c2nccn2C)c1. The van der Waals surface area contributed by atoms with Gasteiger partial charge in [0.1, 0.15) is 17.7 Å². The Morgan fingerprint density at radius 3 is 2.61 bits per heavy atom. The summed E-state index contributed by atoms with van der Waals surface area (Å²) in [5, 5.41) is 2.93. The fraction of sp³-hybridized carbons (Fsp3) is 0.333.